The molecule has 0 aromatic heterocycles. The van der Waals surface area contributed by atoms with E-state index in [0.29, 0.717) is 25.6 Å². The van der Waals surface area contributed by atoms with Gasteiger partial charge in [0, 0.05) is 38.3 Å². The summed E-state index contributed by atoms with van der Waals surface area (Å²) in [4.78, 5) is 6.88. The Balaban J connectivity index is 0.00000289. The van der Waals surface area contributed by atoms with Gasteiger partial charge in [-0.25, -0.2) is 4.39 Å². The first-order chi connectivity index (χ1) is 15.2. The first kappa shape index (κ1) is 24.7. The molecule has 1 fully saturated rings. The van der Waals surface area contributed by atoms with Crippen LogP contribution in [0.5, 0.6) is 5.75 Å². The summed E-state index contributed by atoms with van der Waals surface area (Å²) in [6, 6.07) is 14.1. The smallest absolute Gasteiger partial charge is 0.191 e. The summed E-state index contributed by atoms with van der Waals surface area (Å²) in [5, 5.41) is 6.80. The number of hydrogen-bond donors (Lipinski definition) is 2. The second-order valence-electron chi connectivity index (χ2n) is 8.05. The van der Waals surface area contributed by atoms with Crippen LogP contribution in [0.15, 0.2) is 47.5 Å². The number of nitrogens with zero attached hydrogens (tertiary/aromatic N) is 2. The van der Waals surface area contributed by atoms with E-state index >= 15 is 0 Å². The van der Waals surface area contributed by atoms with Crippen molar-refractivity contribution in [2.24, 2.45) is 4.99 Å². The van der Waals surface area contributed by atoms with Crippen molar-refractivity contribution < 1.29 is 13.9 Å². The summed E-state index contributed by atoms with van der Waals surface area (Å²) in [7, 11) is 1.77. The highest BCUT2D eigenvalue weighted by Crippen LogP contribution is 2.29. The normalized spacial score (nSPS) is 18.4. The standard InChI is InChI=1S/C24H31FN4O2.HI/c1-26-24(27-10-9-19-12-21(25)13-20-16-30-17-31-23(19)20)28-14-22-8-5-11-29(22)15-18-6-3-2-4-7-18;/h2-4,6-7,12-13,22H,5,8-11,14-17H2,1H3,(H2,26,27,28);1H. The van der Waals surface area contributed by atoms with Crippen molar-refractivity contribution in [1.29, 1.82) is 0 Å². The van der Waals surface area contributed by atoms with Crippen LogP contribution in [0.3, 0.4) is 0 Å². The summed E-state index contributed by atoms with van der Waals surface area (Å²) in [6.45, 7) is 4.19. The van der Waals surface area contributed by atoms with Crippen molar-refractivity contribution in [1.82, 2.24) is 15.5 Å². The van der Waals surface area contributed by atoms with Crippen LogP contribution in [0, 0.1) is 5.82 Å². The van der Waals surface area contributed by atoms with Gasteiger partial charge in [0.15, 0.2) is 12.8 Å². The minimum atomic E-state index is -0.259. The van der Waals surface area contributed by atoms with Crippen LogP contribution in [0.25, 0.3) is 0 Å². The first-order valence-corrected chi connectivity index (χ1v) is 11.0. The number of halogens is 2. The molecular formula is C24H32FIN4O2. The highest BCUT2D eigenvalue weighted by Gasteiger charge is 2.24. The van der Waals surface area contributed by atoms with E-state index in [2.05, 4.69) is 50.9 Å². The van der Waals surface area contributed by atoms with Crippen molar-refractivity contribution in [3.63, 3.8) is 0 Å². The monoisotopic (exact) mass is 554 g/mol. The zero-order valence-corrected chi connectivity index (χ0v) is 20.8. The lowest BCUT2D eigenvalue weighted by Crippen LogP contribution is -2.45. The number of ether oxygens (including phenoxy) is 2. The van der Waals surface area contributed by atoms with Crippen LogP contribution in [-0.2, 0) is 24.3 Å². The van der Waals surface area contributed by atoms with Crippen LogP contribution in [0.4, 0.5) is 4.39 Å². The van der Waals surface area contributed by atoms with Gasteiger partial charge in [-0.3, -0.25) is 9.89 Å². The topological polar surface area (TPSA) is 58.1 Å². The van der Waals surface area contributed by atoms with E-state index < -0.39 is 0 Å². The molecule has 1 atom stereocenters. The molecule has 8 heteroatoms. The van der Waals surface area contributed by atoms with Crippen LogP contribution in [0.1, 0.15) is 29.5 Å². The zero-order valence-electron chi connectivity index (χ0n) is 18.5. The third-order valence-corrected chi connectivity index (χ3v) is 5.89. The van der Waals surface area contributed by atoms with Gasteiger partial charge in [-0.15, -0.1) is 24.0 Å². The quantitative estimate of drug-likeness (QED) is 0.311. The SMILES string of the molecule is CN=C(NCCc1cc(F)cc2c1OCOC2)NCC1CCCN1Cc1ccccc1.I. The molecule has 2 aliphatic rings. The summed E-state index contributed by atoms with van der Waals surface area (Å²) >= 11 is 0. The van der Waals surface area contributed by atoms with Crippen LogP contribution in [-0.4, -0.2) is 50.4 Å². The van der Waals surface area contributed by atoms with E-state index in [-0.39, 0.29) is 36.6 Å². The summed E-state index contributed by atoms with van der Waals surface area (Å²) in [6.07, 6.45) is 3.05. The molecule has 2 aromatic carbocycles. The van der Waals surface area contributed by atoms with Gasteiger partial charge in [0.2, 0.25) is 0 Å². The molecule has 2 aromatic rings. The number of aliphatic imine (C=N–C) groups is 1. The average molecular weight is 554 g/mol. The molecule has 1 saturated heterocycles. The molecule has 0 spiro atoms. The number of guanidine groups is 1. The molecule has 1 unspecified atom stereocenters. The van der Waals surface area contributed by atoms with Gasteiger partial charge >= 0.3 is 0 Å². The Labute approximate surface area is 206 Å². The van der Waals surface area contributed by atoms with Crippen LogP contribution >= 0.6 is 24.0 Å². The predicted octanol–water partition coefficient (Wildman–Crippen LogP) is 3.68. The fourth-order valence-corrected chi connectivity index (χ4v) is 4.35. The summed E-state index contributed by atoms with van der Waals surface area (Å²) in [5.41, 5.74) is 2.97. The van der Waals surface area contributed by atoms with Crippen molar-refractivity contribution in [2.45, 2.75) is 38.5 Å². The van der Waals surface area contributed by atoms with E-state index in [1.54, 1.807) is 13.1 Å². The maximum Gasteiger partial charge on any atom is 0.191 e. The highest BCUT2D eigenvalue weighted by molar-refractivity contribution is 14.0. The van der Waals surface area contributed by atoms with Gasteiger partial charge in [-0.05, 0) is 49.1 Å². The fourth-order valence-electron chi connectivity index (χ4n) is 4.35. The second kappa shape index (κ2) is 12.4. The van der Waals surface area contributed by atoms with Crippen molar-refractivity contribution in [3.05, 3.63) is 65.0 Å². The Morgan fingerprint density at radius 3 is 2.88 bits per heavy atom. The average Bonchev–Trinajstić information content (AvgIpc) is 3.23. The van der Waals surface area contributed by atoms with E-state index in [4.69, 9.17) is 9.47 Å². The molecule has 174 valence electrons. The van der Waals surface area contributed by atoms with E-state index in [9.17, 15) is 4.39 Å². The molecule has 0 aliphatic carbocycles. The maximum absolute atomic E-state index is 13.9. The van der Waals surface area contributed by atoms with Gasteiger partial charge < -0.3 is 20.1 Å². The van der Waals surface area contributed by atoms with E-state index in [1.165, 1.54) is 24.5 Å². The van der Waals surface area contributed by atoms with Gasteiger partial charge in [-0.1, -0.05) is 30.3 Å². The Bertz CT molecular complexity index is 897. The van der Waals surface area contributed by atoms with E-state index in [0.717, 1.165) is 42.5 Å². The number of rotatable bonds is 7. The number of likely N-dealkylation sites (tertiary alicyclic amines) is 1. The fraction of sp³-hybridized carbons (Fsp3) is 0.458. The van der Waals surface area contributed by atoms with Crippen molar-refractivity contribution in [2.75, 3.05) is 33.5 Å². The third kappa shape index (κ3) is 6.55. The number of fused-ring (bicyclic) bond motifs is 1. The first-order valence-electron chi connectivity index (χ1n) is 11.0. The van der Waals surface area contributed by atoms with Crippen LogP contribution in [0.2, 0.25) is 0 Å². The molecule has 32 heavy (non-hydrogen) atoms. The lowest BCUT2D eigenvalue weighted by molar-refractivity contribution is -0.0172. The summed E-state index contributed by atoms with van der Waals surface area (Å²) < 4.78 is 24.8. The van der Waals surface area contributed by atoms with Crippen molar-refractivity contribution in [3.8, 4) is 5.75 Å². The third-order valence-electron chi connectivity index (χ3n) is 5.89. The van der Waals surface area contributed by atoms with E-state index in [1.807, 2.05) is 0 Å². The van der Waals surface area contributed by atoms with Gasteiger partial charge in [-0.2, -0.15) is 0 Å². The Hall–Kier alpha value is -1.91. The minimum absolute atomic E-state index is 0. The predicted molar refractivity (Wildman–Crippen MR) is 135 cm³/mol. The lowest BCUT2D eigenvalue weighted by Gasteiger charge is -2.25. The Morgan fingerprint density at radius 1 is 1.22 bits per heavy atom. The molecule has 0 amide bonds. The molecule has 4 rings (SSSR count). The summed E-state index contributed by atoms with van der Waals surface area (Å²) in [5.74, 6) is 1.26. The molecular weight excluding hydrogens is 522 g/mol. The lowest BCUT2D eigenvalue weighted by atomic mass is 10.1. The number of benzene rings is 2. The molecule has 2 heterocycles. The second-order valence-corrected chi connectivity index (χ2v) is 8.05. The number of nitrogens with one attached hydrogen (secondary N) is 2. The molecule has 0 radical (unpaired) electrons. The molecule has 6 nitrogen and oxygen atoms in total. The Morgan fingerprint density at radius 2 is 2.06 bits per heavy atom. The van der Waals surface area contributed by atoms with Gasteiger partial charge in [0.25, 0.3) is 0 Å². The number of hydrogen-bond acceptors (Lipinski definition) is 4. The molecule has 2 aliphatic heterocycles. The molecule has 0 saturated carbocycles. The van der Waals surface area contributed by atoms with Gasteiger partial charge in [0.1, 0.15) is 11.6 Å². The zero-order chi connectivity index (χ0) is 21.5. The minimum Gasteiger partial charge on any atom is -0.467 e. The maximum atomic E-state index is 13.9. The Kier molecular flexibility index (Phi) is 9.55. The van der Waals surface area contributed by atoms with Gasteiger partial charge in [0.05, 0.1) is 6.61 Å². The largest absolute Gasteiger partial charge is 0.467 e. The molecule has 0 bridgehead atoms. The van der Waals surface area contributed by atoms with Crippen molar-refractivity contribution >= 4 is 29.9 Å². The molecule has 2 N–H and O–H groups in total. The van der Waals surface area contributed by atoms with Crippen LogP contribution < -0.4 is 15.4 Å². The highest BCUT2D eigenvalue weighted by atomic mass is 127.